The lowest BCUT2D eigenvalue weighted by molar-refractivity contribution is -0.123. The molecule has 2 atom stereocenters. The number of aliphatic hydroxyl groups excluding tert-OH is 2. The predicted molar refractivity (Wildman–Crippen MR) is 133 cm³/mol. The molecule has 0 saturated heterocycles. The van der Waals surface area contributed by atoms with Crippen LogP contribution in [0.1, 0.15) is 136 Å². The van der Waals surface area contributed by atoms with Gasteiger partial charge in [0.2, 0.25) is 5.91 Å². The van der Waals surface area contributed by atoms with Gasteiger partial charge in [-0.05, 0) is 19.3 Å². The number of unbranched alkanes of at least 4 members (excludes halogenated alkanes) is 16. The molecule has 0 radical (unpaired) electrons. The summed E-state index contributed by atoms with van der Waals surface area (Å²) in [5.41, 5.74) is 0. The van der Waals surface area contributed by atoms with Gasteiger partial charge in [-0.1, -0.05) is 122 Å². The van der Waals surface area contributed by atoms with Gasteiger partial charge in [0.15, 0.2) is 0 Å². The van der Waals surface area contributed by atoms with Crippen molar-refractivity contribution in [1.82, 2.24) is 5.32 Å². The van der Waals surface area contributed by atoms with E-state index in [9.17, 15) is 15.0 Å². The summed E-state index contributed by atoms with van der Waals surface area (Å²) in [4.78, 5) is 12.1. The first kappa shape index (κ1) is 30.1. The molecule has 0 spiro atoms. The SMILES string of the molecule is CCCCCCCC/C=C/C(O)C(CO)NC(=O)CCCCCCCCCCCCC. The van der Waals surface area contributed by atoms with Crippen LogP contribution in [-0.2, 0) is 4.79 Å². The lowest BCUT2D eigenvalue weighted by atomic mass is 10.0. The molecule has 1 amide bonds. The Hall–Kier alpha value is -0.870. The Bertz CT molecular complexity index is 411. The summed E-state index contributed by atoms with van der Waals surface area (Å²) < 4.78 is 0. The minimum Gasteiger partial charge on any atom is -0.394 e. The fourth-order valence-corrected chi connectivity index (χ4v) is 3.88. The lowest BCUT2D eigenvalue weighted by Crippen LogP contribution is -2.45. The maximum absolute atomic E-state index is 12.1. The van der Waals surface area contributed by atoms with Crippen LogP contribution in [0, 0.1) is 0 Å². The molecular formula is C27H53NO3. The molecule has 0 fully saturated rings. The molecule has 0 aliphatic rings. The quantitative estimate of drug-likeness (QED) is 0.121. The number of carbonyl (C=O) groups excluding carboxylic acids is 1. The molecule has 0 aromatic rings. The third-order valence-electron chi connectivity index (χ3n) is 6.02. The Morgan fingerprint density at radius 3 is 1.68 bits per heavy atom. The number of aliphatic hydroxyl groups is 2. The van der Waals surface area contributed by atoms with Crippen LogP contribution in [-0.4, -0.2) is 34.9 Å². The van der Waals surface area contributed by atoms with Gasteiger partial charge in [0.25, 0.3) is 0 Å². The molecule has 4 heteroatoms. The van der Waals surface area contributed by atoms with Crippen molar-refractivity contribution in [1.29, 1.82) is 0 Å². The molecule has 0 rings (SSSR count). The van der Waals surface area contributed by atoms with Crippen molar-refractivity contribution >= 4 is 5.91 Å². The maximum atomic E-state index is 12.1. The highest BCUT2D eigenvalue weighted by Gasteiger charge is 2.17. The Kier molecular flexibility index (Phi) is 23.1. The van der Waals surface area contributed by atoms with E-state index in [1.165, 1.54) is 89.9 Å². The summed E-state index contributed by atoms with van der Waals surface area (Å²) in [6, 6.07) is -0.610. The summed E-state index contributed by atoms with van der Waals surface area (Å²) in [6.45, 7) is 4.23. The molecule has 0 aromatic carbocycles. The van der Waals surface area contributed by atoms with E-state index >= 15 is 0 Å². The number of nitrogens with one attached hydrogen (secondary N) is 1. The smallest absolute Gasteiger partial charge is 0.220 e. The molecule has 0 bridgehead atoms. The number of allylic oxidation sites excluding steroid dienone is 1. The topological polar surface area (TPSA) is 69.6 Å². The van der Waals surface area contributed by atoms with Crippen LogP contribution in [0.3, 0.4) is 0 Å². The fraction of sp³-hybridized carbons (Fsp3) is 0.889. The summed E-state index contributed by atoms with van der Waals surface area (Å²) in [6.07, 6.45) is 25.6. The van der Waals surface area contributed by atoms with Gasteiger partial charge in [-0.2, -0.15) is 0 Å². The Morgan fingerprint density at radius 2 is 1.19 bits per heavy atom. The molecule has 0 saturated carbocycles. The molecule has 3 N–H and O–H groups in total. The van der Waals surface area contributed by atoms with Crippen LogP contribution >= 0.6 is 0 Å². The van der Waals surface area contributed by atoms with Crippen molar-refractivity contribution in [2.24, 2.45) is 0 Å². The minimum atomic E-state index is -0.827. The summed E-state index contributed by atoms with van der Waals surface area (Å²) in [5, 5.41) is 22.5. The summed E-state index contributed by atoms with van der Waals surface area (Å²) in [7, 11) is 0. The van der Waals surface area contributed by atoms with Crippen LogP contribution in [0.15, 0.2) is 12.2 Å². The van der Waals surface area contributed by atoms with Gasteiger partial charge in [0, 0.05) is 6.42 Å². The summed E-state index contributed by atoms with van der Waals surface area (Å²) >= 11 is 0. The average molecular weight is 440 g/mol. The van der Waals surface area contributed by atoms with E-state index in [-0.39, 0.29) is 12.5 Å². The highest BCUT2D eigenvalue weighted by atomic mass is 16.3. The first-order chi connectivity index (χ1) is 15.2. The molecule has 2 unspecified atom stereocenters. The zero-order valence-corrected chi connectivity index (χ0v) is 20.8. The Morgan fingerprint density at radius 1 is 0.742 bits per heavy atom. The van der Waals surface area contributed by atoms with Gasteiger partial charge in [-0.15, -0.1) is 0 Å². The molecular weight excluding hydrogens is 386 g/mol. The third kappa shape index (κ3) is 20.8. The molecule has 0 heterocycles. The molecule has 31 heavy (non-hydrogen) atoms. The second-order valence-corrected chi connectivity index (χ2v) is 9.12. The van der Waals surface area contributed by atoms with Crippen LogP contribution in [0.2, 0.25) is 0 Å². The van der Waals surface area contributed by atoms with Crippen molar-refractivity contribution in [3.8, 4) is 0 Å². The summed E-state index contributed by atoms with van der Waals surface area (Å²) in [5.74, 6) is -0.0710. The van der Waals surface area contributed by atoms with Crippen molar-refractivity contribution < 1.29 is 15.0 Å². The van der Waals surface area contributed by atoms with Crippen LogP contribution in [0.5, 0.6) is 0 Å². The molecule has 0 aliphatic heterocycles. The van der Waals surface area contributed by atoms with Crippen LogP contribution < -0.4 is 5.32 Å². The second-order valence-electron chi connectivity index (χ2n) is 9.12. The predicted octanol–water partition coefficient (Wildman–Crippen LogP) is 6.83. The van der Waals surface area contributed by atoms with Crippen molar-refractivity contribution in [2.45, 2.75) is 148 Å². The van der Waals surface area contributed by atoms with E-state index in [4.69, 9.17) is 0 Å². The first-order valence-corrected chi connectivity index (χ1v) is 13.4. The highest BCUT2D eigenvalue weighted by molar-refractivity contribution is 5.76. The second kappa shape index (κ2) is 23.8. The third-order valence-corrected chi connectivity index (χ3v) is 6.02. The number of carbonyl (C=O) groups is 1. The largest absolute Gasteiger partial charge is 0.394 e. The maximum Gasteiger partial charge on any atom is 0.220 e. The zero-order chi connectivity index (χ0) is 23.0. The number of hydrogen-bond acceptors (Lipinski definition) is 3. The van der Waals surface area contributed by atoms with Crippen molar-refractivity contribution in [2.75, 3.05) is 6.61 Å². The fourth-order valence-electron chi connectivity index (χ4n) is 3.88. The van der Waals surface area contributed by atoms with E-state index in [0.29, 0.717) is 6.42 Å². The highest BCUT2D eigenvalue weighted by Crippen LogP contribution is 2.12. The minimum absolute atomic E-state index is 0.0710. The van der Waals surface area contributed by atoms with E-state index in [0.717, 1.165) is 25.7 Å². The molecule has 4 nitrogen and oxygen atoms in total. The van der Waals surface area contributed by atoms with Crippen molar-refractivity contribution in [3.63, 3.8) is 0 Å². The van der Waals surface area contributed by atoms with Crippen LogP contribution in [0.4, 0.5) is 0 Å². The number of hydrogen-bond donors (Lipinski definition) is 3. The molecule has 0 aliphatic carbocycles. The first-order valence-electron chi connectivity index (χ1n) is 13.4. The average Bonchev–Trinajstić information content (AvgIpc) is 2.77. The van der Waals surface area contributed by atoms with Gasteiger partial charge >= 0.3 is 0 Å². The van der Waals surface area contributed by atoms with Crippen LogP contribution in [0.25, 0.3) is 0 Å². The van der Waals surface area contributed by atoms with Gasteiger partial charge in [0.1, 0.15) is 0 Å². The monoisotopic (exact) mass is 439 g/mol. The molecule has 0 aromatic heterocycles. The van der Waals surface area contributed by atoms with E-state index in [1.54, 1.807) is 6.08 Å². The van der Waals surface area contributed by atoms with E-state index in [2.05, 4.69) is 19.2 Å². The van der Waals surface area contributed by atoms with Crippen molar-refractivity contribution in [3.05, 3.63) is 12.2 Å². The number of rotatable bonds is 23. The number of amides is 1. The standard InChI is InChI=1S/C27H53NO3/c1-3-5-7-9-11-13-14-15-17-19-21-23-27(31)28-25(24-29)26(30)22-20-18-16-12-10-8-6-4-2/h20,22,25-26,29-30H,3-19,21,23-24H2,1-2H3,(H,28,31)/b22-20+. The Balaban J connectivity index is 3.71. The van der Waals surface area contributed by atoms with E-state index in [1.807, 2.05) is 6.08 Å². The van der Waals surface area contributed by atoms with Gasteiger partial charge in [-0.25, -0.2) is 0 Å². The van der Waals surface area contributed by atoms with Gasteiger partial charge in [-0.3, -0.25) is 4.79 Å². The van der Waals surface area contributed by atoms with Gasteiger partial charge < -0.3 is 15.5 Å². The normalized spacial score (nSPS) is 13.5. The zero-order valence-electron chi connectivity index (χ0n) is 20.8. The molecule has 184 valence electrons. The van der Waals surface area contributed by atoms with Gasteiger partial charge in [0.05, 0.1) is 18.8 Å². The lowest BCUT2D eigenvalue weighted by Gasteiger charge is -2.20. The van der Waals surface area contributed by atoms with E-state index < -0.39 is 12.1 Å². The Labute approximate surface area is 193 Å².